The van der Waals surface area contributed by atoms with Crippen molar-refractivity contribution in [3.63, 3.8) is 0 Å². The molecule has 3 rings (SSSR count). The monoisotopic (exact) mass is 392 g/mol. The summed E-state index contributed by atoms with van der Waals surface area (Å²) in [5.41, 5.74) is 2.44. The van der Waals surface area contributed by atoms with Gasteiger partial charge in [0.1, 0.15) is 6.17 Å². The van der Waals surface area contributed by atoms with Crippen LogP contribution in [0.3, 0.4) is 0 Å². The summed E-state index contributed by atoms with van der Waals surface area (Å²) < 4.78 is 0. The molecule has 0 aliphatic carbocycles. The number of amides is 2. The highest BCUT2D eigenvalue weighted by molar-refractivity contribution is 6.31. The van der Waals surface area contributed by atoms with Gasteiger partial charge in [-0.05, 0) is 17.2 Å². The minimum atomic E-state index is -0.707. The van der Waals surface area contributed by atoms with Crippen LogP contribution in [0.1, 0.15) is 22.9 Å². The molecule has 0 saturated heterocycles. The molecule has 3 aromatic carbocycles. The second kappa shape index (κ2) is 9.72. The Bertz CT molecular complexity index is 874. The second-order valence-corrected chi connectivity index (χ2v) is 6.82. The maximum absolute atomic E-state index is 12.5. The summed E-state index contributed by atoms with van der Waals surface area (Å²) in [6.07, 6.45) is -0.270. The highest BCUT2D eigenvalue weighted by Crippen LogP contribution is 2.21. The molecule has 0 radical (unpaired) electrons. The van der Waals surface area contributed by atoms with E-state index in [1.165, 1.54) is 0 Å². The summed E-state index contributed by atoms with van der Waals surface area (Å²) in [5.74, 6) is -0.396. The summed E-state index contributed by atoms with van der Waals surface area (Å²) in [7, 11) is 0. The summed E-state index contributed by atoms with van der Waals surface area (Å²) >= 11 is 6.30. The second-order valence-electron chi connectivity index (χ2n) is 6.41. The third-order valence-electron chi connectivity index (χ3n) is 4.24. The zero-order valence-corrected chi connectivity index (χ0v) is 16.0. The van der Waals surface area contributed by atoms with Crippen molar-refractivity contribution < 1.29 is 9.59 Å². The van der Waals surface area contributed by atoms with E-state index in [2.05, 4.69) is 10.6 Å². The highest BCUT2D eigenvalue weighted by atomic mass is 35.5. The molecule has 0 bridgehead atoms. The van der Waals surface area contributed by atoms with Gasteiger partial charge in [-0.3, -0.25) is 9.59 Å². The third-order valence-corrected chi connectivity index (χ3v) is 4.59. The van der Waals surface area contributed by atoms with Crippen molar-refractivity contribution >= 4 is 23.4 Å². The summed E-state index contributed by atoms with van der Waals surface area (Å²) in [6, 6.07) is 26.0. The molecule has 0 aliphatic heterocycles. The van der Waals surface area contributed by atoms with Crippen molar-refractivity contribution in [2.75, 3.05) is 0 Å². The van der Waals surface area contributed by atoms with Crippen LogP contribution < -0.4 is 10.6 Å². The predicted octanol–water partition coefficient (Wildman–Crippen LogP) is 4.06. The molecule has 3 aromatic rings. The quantitative estimate of drug-likeness (QED) is 0.596. The lowest BCUT2D eigenvalue weighted by atomic mass is 10.1. The van der Waals surface area contributed by atoms with Crippen molar-refractivity contribution in [1.29, 1.82) is 0 Å². The molecule has 142 valence electrons. The average molecular weight is 393 g/mol. The lowest BCUT2D eigenvalue weighted by molar-refractivity contribution is -0.123. The van der Waals surface area contributed by atoms with Crippen LogP contribution in [0, 0.1) is 0 Å². The molecular formula is C23H21ClN2O2. The Labute approximate surface area is 169 Å². The number of nitrogens with one attached hydrogen (secondary N) is 2. The minimum Gasteiger partial charge on any atom is -0.332 e. The molecule has 2 amide bonds. The van der Waals surface area contributed by atoms with Gasteiger partial charge in [0.25, 0.3) is 0 Å². The maximum atomic E-state index is 12.5. The molecule has 0 fully saturated rings. The van der Waals surface area contributed by atoms with Crippen molar-refractivity contribution in [2.45, 2.75) is 19.0 Å². The Hall–Kier alpha value is -3.11. The van der Waals surface area contributed by atoms with Crippen LogP contribution in [0.4, 0.5) is 0 Å². The van der Waals surface area contributed by atoms with Crippen molar-refractivity contribution in [3.05, 3.63) is 107 Å². The molecule has 4 nitrogen and oxygen atoms in total. The normalized spacial score (nSPS) is 10.5. The smallest absolute Gasteiger partial charge is 0.226 e. The Kier molecular flexibility index (Phi) is 6.82. The van der Waals surface area contributed by atoms with Gasteiger partial charge in [-0.2, -0.15) is 0 Å². The summed E-state index contributed by atoms with van der Waals surface area (Å²) in [6.45, 7) is 0. The van der Waals surface area contributed by atoms with E-state index < -0.39 is 6.17 Å². The molecule has 2 N–H and O–H groups in total. The lowest BCUT2D eigenvalue weighted by Crippen LogP contribution is -2.42. The van der Waals surface area contributed by atoms with Gasteiger partial charge < -0.3 is 10.6 Å². The summed E-state index contributed by atoms with van der Waals surface area (Å²) in [4.78, 5) is 25.1. The van der Waals surface area contributed by atoms with Gasteiger partial charge >= 0.3 is 0 Å². The van der Waals surface area contributed by atoms with Crippen LogP contribution in [0.25, 0.3) is 0 Å². The first-order valence-corrected chi connectivity index (χ1v) is 9.40. The fourth-order valence-electron chi connectivity index (χ4n) is 2.89. The molecule has 5 heteroatoms. The molecule has 0 aliphatic rings. The van der Waals surface area contributed by atoms with Crippen molar-refractivity contribution in [3.8, 4) is 0 Å². The van der Waals surface area contributed by atoms with Crippen LogP contribution >= 0.6 is 11.6 Å². The third kappa shape index (κ3) is 5.69. The van der Waals surface area contributed by atoms with Gasteiger partial charge in [-0.1, -0.05) is 90.5 Å². The zero-order valence-electron chi connectivity index (χ0n) is 15.3. The molecule has 0 spiro atoms. The van der Waals surface area contributed by atoms with Gasteiger partial charge in [0.15, 0.2) is 0 Å². The van der Waals surface area contributed by atoms with Crippen molar-refractivity contribution in [1.82, 2.24) is 10.6 Å². The number of carbonyl (C=O) groups excluding carboxylic acids is 2. The van der Waals surface area contributed by atoms with Crippen LogP contribution in [-0.4, -0.2) is 11.8 Å². The molecule has 28 heavy (non-hydrogen) atoms. The van der Waals surface area contributed by atoms with E-state index in [0.29, 0.717) is 10.6 Å². The van der Waals surface area contributed by atoms with Crippen LogP contribution in [0.2, 0.25) is 5.02 Å². The number of hydrogen-bond acceptors (Lipinski definition) is 2. The SMILES string of the molecule is O=C(Cc1ccccc1)NC(NC(=O)Cc1ccccc1)c1ccccc1Cl. The lowest BCUT2D eigenvalue weighted by Gasteiger charge is -2.22. The van der Waals surface area contributed by atoms with E-state index >= 15 is 0 Å². The molecular weight excluding hydrogens is 372 g/mol. The van der Waals surface area contributed by atoms with Gasteiger partial charge in [-0.25, -0.2) is 0 Å². The van der Waals surface area contributed by atoms with Crippen LogP contribution in [-0.2, 0) is 22.4 Å². The van der Waals surface area contributed by atoms with Gasteiger partial charge in [0, 0.05) is 10.6 Å². The first kappa shape index (κ1) is 19.6. The average Bonchev–Trinajstić information content (AvgIpc) is 2.69. The van der Waals surface area contributed by atoms with E-state index in [4.69, 9.17) is 11.6 Å². The van der Waals surface area contributed by atoms with Crippen molar-refractivity contribution in [2.24, 2.45) is 0 Å². The number of benzene rings is 3. The number of halogens is 1. The first-order valence-electron chi connectivity index (χ1n) is 9.03. The fraction of sp³-hybridized carbons (Fsp3) is 0.130. The number of carbonyl (C=O) groups is 2. The van der Waals surface area contributed by atoms with Crippen LogP contribution in [0.15, 0.2) is 84.9 Å². The Morgan fingerprint density at radius 2 is 1.11 bits per heavy atom. The predicted molar refractivity (Wildman–Crippen MR) is 111 cm³/mol. The topological polar surface area (TPSA) is 58.2 Å². The number of rotatable bonds is 7. The zero-order chi connectivity index (χ0) is 19.8. The molecule has 0 unspecified atom stereocenters. The van der Waals surface area contributed by atoms with Gasteiger partial charge in [0.05, 0.1) is 12.8 Å². The Morgan fingerprint density at radius 3 is 1.57 bits per heavy atom. The van der Waals surface area contributed by atoms with E-state index in [9.17, 15) is 9.59 Å². The first-order chi connectivity index (χ1) is 13.6. The Morgan fingerprint density at radius 1 is 0.679 bits per heavy atom. The molecule has 0 saturated carbocycles. The minimum absolute atomic E-state index is 0.198. The largest absolute Gasteiger partial charge is 0.332 e. The Balaban J connectivity index is 1.72. The summed E-state index contributed by atoms with van der Waals surface area (Å²) in [5, 5.41) is 6.25. The number of hydrogen-bond donors (Lipinski definition) is 2. The maximum Gasteiger partial charge on any atom is 0.226 e. The van der Waals surface area contributed by atoms with E-state index in [0.717, 1.165) is 11.1 Å². The molecule has 0 aromatic heterocycles. The van der Waals surface area contributed by atoms with E-state index in [-0.39, 0.29) is 24.7 Å². The van der Waals surface area contributed by atoms with Gasteiger partial charge in [-0.15, -0.1) is 0 Å². The standard InChI is InChI=1S/C23H21ClN2O2/c24-20-14-8-7-13-19(20)23(25-21(27)15-17-9-3-1-4-10-17)26-22(28)16-18-11-5-2-6-12-18/h1-14,23H,15-16H2,(H,25,27)(H,26,28). The fourth-order valence-corrected chi connectivity index (χ4v) is 3.13. The van der Waals surface area contributed by atoms with Crippen LogP contribution in [0.5, 0.6) is 0 Å². The van der Waals surface area contributed by atoms with E-state index in [1.54, 1.807) is 18.2 Å². The van der Waals surface area contributed by atoms with E-state index in [1.807, 2.05) is 66.7 Å². The molecule has 0 atom stereocenters. The molecule has 0 heterocycles. The highest BCUT2D eigenvalue weighted by Gasteiger charge is 2.19. The van der Waals surface area contributed by atoms with Gasteiger partial charge in [0.2, 0.25) is 11.8 Å².